The average Bonchev–Trinajstić information content (AvgIpc) is 3.31. The topological polar surface area (TPSA) is 104 Å². The van der Waals surface area contributed by atoms with E-state index in [1.165, 1.54) is 15.9 Å². The summed E-state index contributed by atoms with van der Waals surface area (Å²) in [5.74, 6) is -0.185. The van der Waals surface area contributed by atoms with E-state index in [0.29, 0.717) is 41.7 Å². The van der Waals surface area contributed by atoms with Crippen LogP contribution < -0.4 is 5.32 Å². The number of rotatable bonds is 7. The number of hydrogen-bond donors (Lipinski definition) is 2. The second-order valence-electron chi connectivity index (χ2n) is 8.65. The number of H-pyrrole nitrogens is 1. The van der Waals surface area contributed by atoms with Crippen LogP contribution in [0.15, 0.2) is 60.4 Å². The van der Waals surface area contributed by atoms with E-state index in [1.54, 1.807) is 18.3 Å². The van der Waals surface area contributed by atoms with E-state index in [0.717, 1.165) is 30.0 Å². The molecule has 1 saturated heterocycles. The lowest BCUT2D eigenvalue weighted by Crippen LogP contribution is -2.41. The number of nitrogens with zero attached hydrogens (tertiary/aromatic N) is 4. The molecule has 8 nitrogen and oxygen atoms in total. The number of piperidine rings is 1. The summed E-state index contributed by atoms with van der Waals surface area (Å²) in [6.07, 6.45) is 7.51. The zero-order valence-corrected chi connectivity index (χ0v) is 20.8. The Labute approximate surface area is 213 Å². The number of pyridine rings is 1. The molecule has 0 bridgehead atoms. The number of halogens is 2. The standard InChI is InChI=1S/C25H24ClFN6O2S/c26-19-11-20-21(14-30-23(20)29-13-19)24-31-15-22(27)25(32-24)28-12-18-7-4-9-33(16-18)36(34,35)10-8-17-5-2-1-3-6-17/h1-3,5-6,8,10-11,13-15,18H,4,7,9,12,16H2,(H,29,30)(H,28,31,32)/b10-8+. The van der Waals surface area contributed by atoms with Crippen molar-refractivity contribution >= 4 is 44.6 Å². The molecule has 1 aromatic carbocycles. The van der Waals surface area contributed by atoms with E-state index >= 15 is 0 Å². The second kappa shape index (κ2) is 10.3. The molecule has 1 unspecified atom stereocenters. The Morgan fingerprint density at radius 2 is 2.06 bits per heavy atom. The van der Waals surface area contributed by atoms with Gasteiger partial charge in [-0.1, -0.05) is 41.9 Å². The Morgan fingerprint density at radius 3 is 2.89 bits per heavy atom. The van der Waals surface area contributed by atoms with Gasteiger partial charge in [0.15, 0.2) is 17.5 Å². The molecule has 1 fully saturated rings. The van der Waals surface area contributed by atoms with Crippen molar-refractivity contribution in [2.24, 2.45) is 5.92 Å². The molecule has 186 valence electrons. The van der Waals surface area contributed by atoms with E-state index in [2.05, 4.69) is 25.3 Å². The lowest BCUT2D eigenvalue weighted by atomic mass is 10.00. The summed E-state index contributed by atoms with van der Waals surface area (Å²) < 4.78 is 41.7. The van der Waals surface area contributed by atoms with E-state index in [4.69, 9.17) is 11.6 Å². The van der Waals surface area contributed by atoms with E-state index in [1.807, 2.05) is 30.3 Å². The molecule has 0 spiro atoms. The lowest BCUT2D eigenvalue weighted by molar-refractivity contribution is 0.277. The van der Waals surface area contributed by atoms with Gasteiger partial charge in [-0.25, -0.2) is 27.8 Å². The first-order chi connectivity index (χ1) is 17.4. The smallest absolute Gasteiger partial charge is 0.236 e. The minimum Gasteiger partial charge on any atom is -0.367 e. The molecule has 4 heterocycles. The van der Waals surface area contributed by atoms with Crippen molar-refractivity contribution < 1.29 is 12.8 Å². The summed E-state index contributed by atoms with van der Waals surface area (Å²) in [5.41, 5.74) is 2.10. The maximum atomic E-state index is 14.5. The summed E-state index contributed by atoms with van der Waals surface area (Å²) in [6.45, 7) is 1.19. The van der Waals surface area contributed by atoms with Gasteiger partial charge in [0.2, 0.25) is 10.0 Å². The predicted molar refractivity (Wildman–Crippen MR) is 139 cm³/mol. The molecule has 5 rings (SSSR count). The first-order valence-electron chi connectivity index (χ1n) is 11.5. The zero-order chi connectivity index (χ0) is 25.1. The minimum absolute atomic E-state index is 0.00700. The third kappa shape index (κ3) is 5.40. The van der Waals surface area contributed by atoms with Crippen LogP contribution in [0.4, 0.5) is 10.2 Å². The average molecular weight is 527 g/mol. The van der Waals surface area contributed by atoms with E-state index in [-0.39, 0.29) is 11.7 Å². The van der Waals surface area contributed by atoms with Crippen LogP contribution in [-0.2, 0) is 10.0 Å². The SMILES string of the molecule is O=S(=O)(/C=C/c1ccccc1)N1CCCC(CNc2nc(-c3c[nH]c4ncc(Cl)cc34)ncc2F)C1. The van der Waals surface area contributed by atoms with Gasteiger partial charge in [-0.05, 0) is 36.5 Å². The van der Waals surface area contributed by atoms with Crippen molar-refractivity contribution in [1.29, 1.82) is 0 Å². The van der Waals surface area contributed by atoms with Crippen molar-refractivity contribution in [3.05, 3.63) is 76.8 Å². The van der Waals surface area contributed by atoms with Crippen molar-refractivity contribution in [2.75, 3.05) is 25.0 Å². The molecule has 2 N–H and O–H groups in total. The molecule has 0 saturated carbocycles. The maximum Gasteiger partial charge on any atom is 0.236 e. The molecular weight excluding hydrogens is 503 g/mol. The fourth-order valence-corrected chi connectivity index (χ4v) is 5.73. The molecule has 1 atom stereocenters. The molecule has 0 radical (unpaired) electrons. The van der Waals surface area contributed by atoms with Gasteiger partial charge in [-0.15, -0.1) is 0 Å². The van der Waals surface area contributed by atoms with E-state index in [9.17, 15) is 12.8 Å². The first kappa shape index (κ1) is 24.4. The van der Waals surface area contributed by atoms with Crippen LogP contribution in [0, 0.1) is 11.7 Å². The predicted octanol–water partition coefficient (Wildman–Crippen LogP) is 4.94. The van der Waals surface area contributed by atoms with Crippen LogP contribution in [0.5, 0.6) is 0 Å². The van der Waals surface area contributed by atoms with Crippen LogP contribution in [0.25, 0.3) is 28.5 Å². The molecular formula is C25H24ClFN6O2S. The quantitative estimate of drug-likeness (QED) is 0.353. The molecule has 4 aromatic rings. The van der Waals surface area contributed by atoms with Crippen molar-refractivity contribution in [2.45, 2.75) is 12.8 Å². The normalized spacial score (nSPS) is 17.1. The van der Waals surface area contributed by atoms with Crippen LogP contribution >= 0.6 is 11.6 Å². The lowest BCUT2D eigenvalue weighted by Gasteiger charge is -2.31. The number of aromatic nitrogens is 4. The third-order valence-electron chi connectivity index (χ3n) is 6.11. The summed E-state index contributed by atoms with van der Waals surface area (Å²) in [4.78, 5) is 15.8. The van der Waals surface area contributed by atoms with Crippen molar-refractivity contribution in [3.8, 4) is 11.4 Å². The fourth-order valence-electron chi connectivity index (χ4n) is 4.26. The summed E-state index contributed by atoms with van der Waals surface area (Å²) >= 11 is 6.08. The number of aromatic amines is 1. The van der Waals surface area contributed by atoms with Crippen LogP contribution in [-0.4, -0.2) is 52.3 Å². The molecule has 3 aromatic heterocycles. The number of anilines is 1. The summed E-state index contributed by atoms with van der Waals surface area (Å²) in [6, 6.07) is 11.0. The highest BCUT2D eigenvalue weighted by atomic mass is 35.5. The highest BCUT2D eigenvalue weighted by molar-refractivity contribution is 7.92. The van der Waals surface area contributed by atoms with Gasteiger partial charge in [0.1, 0.15) is 5.65 Å². The molecule has 0 aliphatic carbocycles. The second-order valence-corrected chi connectivity index (χ2v) is 10.9. The Bertz CT molecular complexity index is 1510. The number of benzene rings is 1. The Hall–Kier alpha value is -3.34. The summed E-state index contributed by atoms with van der Waals surface area (Å²) in [5, 5.41) is 5.51. The van der Waals surface area contributed by atoms with Gasteiger partial charge in [0, 0.05) is 48.4 Å². The van der Waals surface area contributed by atoms with Gasteiger partial charge < -0.3 is 10.3 Å². The number of nitrogens with one attached hydrogen (secondary N) is 2. The maximum absolute atomic E-state index is 14.5. The molecule has 1 aliphatic rings. The highest BCUT2D eigenvalue weighted by Gasteiger charge is 2.27. The highest BCUT2D eigenvalue weighted by Crippen LogP contribution is 2.28. The third-order valence-corrected chi connectivity index (χ3v) is 7.85. The number of sulfonamides is 1. The molecule has 11 heteroatoms. The van der Waals surface area contributed by atoms with Gasteiger partial charge >= 0.3 is 0 Å². The number of hydrogen-bond acceptors (Lipinski definition) is 6. The zero-order valence-electron chi connectivity index (χ0n) is 19.2. The number of fused-ring (bicyclic) bond motifs is 1. The molecule has 36 heavy (non-hydrogen) atoms. The van der Waals surface area contributed by atoms with Crippen molar-refractivity contribution in [1.82, 2.24) is 24.2 Å². The van der Waals surface area contributed by atoms with Crippen molar-refractivity contribution in [3.63, 3.8) is 0 Å². The Morgan fingerprint density at radius 1 is 1.22 bits per heavy atom. The largest absolute Gasteiger partial charge is 0.367 e. The van der Waals surface area contributed by atoms with Gasteiger partial charge in [0.05, 0.1) is 11.2 Å². The molecule has 0 amide bonds. The first-order valence-corrected chi connectivity index (χ1v) is 13.4. The van der Waals surface area contributed by atoms with E-state index < -0.39 is 15.8 Å². The monoisotopic (exact) mass is 526 g/mol. The van der Waals surface area contributed by atoms with Crippen LogP contribution in [0.1, 0.15) is 18.4 Å². The summed E-state index contributed by atoms with van der Waals surface area (Å²) in [7, 11) is -3.56. The van der Waals surface area contributed by atoms with Gasteiger partial charge in [-0.3, -0.25) is 0 Å². The fraction of sp³-hybridized carbons (Fsp3) is 0.240. The Kier molecular flexibility index (Phi) is 6.99. The minimum atomic E-state index is -3.56. The Balaban J connectivity index is 1.27. The van der Waals surface area contributed by atoms with Gasteiger partial charge in [0.25, 0.3) is 0 Å². The van der Waals surface area contributed by atoms with Crippen LogP contribution in [0.3, 0.4) is 0 Å². The molecule has 1 aliphatic heterocycles. The van der Waals surface area contributed by atoms with Gasteiger partial charge in [-0.2, -0.15) is 4.31 Å². The van der Waals surface area contributed by atoms with Crippen LogP contribution in [0.2, 0.25) is 5.02 Å².